The molecule has 2 heteroatoms. The number of hydrogen-bond donors (Lipinski definition) is 0. The van der Waals surface area contributed by atoms with Gasteiger partial charge in [0.05, 0.1) is 0 Å². The van der Waals surface area contributed by atoms with Crippen LogP contribution in [0.5, 0.6) is 0 Å². The summed E-state index contributed by atoms with van der Waals surface area (Å²) in [5.74, 6) is 4.28. The van der Waals surface area contributed by atoms with Crippen LogP contribution in [0.1, 0.15) is 12.8 Å². The van der Waals surface area contributed by atoms with E-state index in [4.69, 9.17) is 0 Å². The molecule has 9 heavy (non-hydrogen) atoms. The molecular weight excluding hydrogens is 132 g/mol. The standard InChI is InChI=1S/C7H9OS/c8-7(5-1-2-5)6-3-9-4-6/h6H,1-4H2. The van der Waals surface area contributed by atoms with E-state index in [1.54, 1.807) is 0 Å². The molecule has 0 bridgehead atoms. The van der Waals surface area contributed by atoms with Crippen LogP contribution in [0.3, 0.4) is 0 Å². The molecule has 1 saturated carbocycles. The van der Waals surface area contributed by atoms with Gasteiger partial charge in [-0.2, -0.15) is 11.8 Å². The van der Waals surface area contributed by atoms with Crippen molar-refractivity contribution in [2.75, 3.05) is 11.5 Å². The lowest BCUT2D eigenvalue weighted by Crippen LogP contribution is -2.27. The van der Waals surface area contributed by atoms with E-state index in [1.165, 1.54) is 5.92 Å². The number of ketones is 1. The molecule has 1 saturated heterocycles. The molecule has 0 unspecified atom stereocenters. The van der Waals surface area contributed by atoms with Crippen molar-refractivity contribution in [1.29, 1.82) is 0 Å². The van der Waals surface area contributed by atoms with Gasteiger partial charge < -0.3 is 0 Å². The van der Waals surface area contributed by atoms with E-state index in [2.05, 4.69) is 0 Å². The molecule has 0 spiro atoms. The third kappa shape index (κ3) is 1.00. The summed E-state index contributed by atoms with van der Waals surface area (Å²) in [7, 11) is 0. The molecule has 2 rings (SSSR count). The van der Waals surface area contributed by atoms with Gasteiger partial charge in [0.15, 0.2) is 0 Å². The highest BCUT2D eigenvalue weighted by molar-refractivity contribution is 8.00. The van der Waals surface area contributed by atoms with Crippen molar-refractivity contribution in [3.8, 4) is 0 Å². The van der Waals surface area contributed by atoms with E-state index in [0.29, 0.717) is 11.7 Å². The molecule has 0 aromatic carbocycles. The van der Waals surface area contributed by atoms with Gasteiger partial charge in [0.2, 0.25) is 0 Å². The Morgan fingerprint density at radius 2 is 2.11 bits per heavy atom. The fraction of sp³-hybridized carbons (Fsp3) is 0.714. The molecule has 1 aliphatic heterocycles. The Morgan fingerprint density at radius 3 is 2.44 bits per heavy atom. The summed E-state index contributed by atoms with van der Waals surface area (Å²) in [4.78, 5) is 11.1. The van der Waals surface area contributed by atoms with Crippen LogP contribution in [0, 0.1) is 11.8 Å². The first-order valence-corrected chi connectivity index (χ1v) is 4.50. The zero-order valence-corrected chi connectivity index (χ0v) is 6.04. The number of carbonyl (C=O) groups is 1. The van der Waals surface area contributed by atoms with Gasteiger partial charge >= 0.3 is 0 Å². The zero-order chi connectivity index (χ0) is 6.27. The zero-order valence-electron chi connectivity index (χ0n) is 5.22. The van der Waals surface area contributed by atoms with E-state index < -0.39 is 0 Å². The summed E-state index contributed by atoms with van der Waals surface area (Å²) in [6.45, 7) is 0. The van der Waals surface area contributed by atoms with Crippen LogP contribution in [0.15, 0.2) is 0 Å². The van der Waals surface area contributed by atoms with Crippen molar-refractivity contribution in [2.45, 2.75) is 12.8 Å². The van der Waals surface area contributed by atoms with Gasteiger partial charge in [-0.3, -0.25) is 4.79 Å². The summed E-state index contributed by atoms with van der Waals surface area (Å²) >= 11 is 1.88. The molecule has 1 radical (unpaired) electrons. The largest absolute Gasteiger partial charge is 0.299 e. The van der Waals surface area contributed by atoms with E-state index in [0.717, 1.165) is 24.3 Å². The molecule has 2 fully saturated rings. The van der Waals surface area contributed by atoms with Crippen molar-refractivity contribution >= 4 is 17.5 Å². The van der Waals surface area contributed by atoms with Crippen LogP contribution in [0.25, 0.3) is 0 Å². The van der Waals surface area contributed by atoms with Gasteiger partial charge in [-0.1, -0.05) is 0 Å². The Morgan fingerprint density at radius 1 is 1.44 bits per heavy atom. The average molecular weight is 141 g/mol. The lowest BCUT2D eigenvalue weighted by Gasteiger charge is -2.22. The molecule has 0 aromatic heterocycles. The molecule has 1 nitrogen and oxygen atoms in total. The summed E-state index contributed by atoms with van der Waals surface area (Å²) in [6, 6.07) is 0. The van der Waals surface area contributed by atoms with Crippen molar-refractivity contribution in [3.05, 3.63) is 5.92 Å². The van der Waals surface area contributed by atoms with Crippen molar-refractivity contribution in [1.82, 2.24) is 0 Å². The maximum Gasteiger partial charge on any atom is 0.144 e. The molecule has 0 aromatic rings. The topological polar surface area (TPSA) is 17.1 Å². The van der Waals surface area contributed by atoms with E-state index in [-0.39, 0.29) is 0 Å². The van der Waals surface area contributed by atoms with Crippen LogP contribution in [0.4, 0.5) is 0 Å². The number of thioether (sulfide) groups is 1. The van der Waals surface area contributed by atoms with Gasteiger partial charge in [-0.25, -0.2) is 0 Å². The summed E-state index contributed by atoms with van der Waals surface area (Å²) < 4.78 is 0. The highest BCUT2D eigenvalue weighted by Gasteiger charge is 2.38. The van der Waals surface area contributed by atoms with Gasteiger partial charge in [0.25, 0.3) is 0 Å². The second-order valence-corrected chi connectivity index (χ2v) is 3.78. The third-order valence-corrected chi connectivity index (χ3v) is 3.13. The first kappa shape index (κ1) is 5.78. The molecular formula is C7H9OS. The van der Waals surface area contributed by atoms with Crippen LogP contribution < -0.4 is 0 Å². The van der Waals surface area contributed by atoms with Crippen molar-refractivity contribution < 1.29 is 4.79 Å². The Balaban J connectivity index is 1.88. The fourth-order valence-electron chi connectivity index (χ4n) is 0.985. The van der Waals surface area contributed by atoms with Crippen LogP contribution in [-0.2, 0) is 4.79 Å². The first-order chi connectivity index (χ1) is 4.38. The quantitative estimate of drug-likeness (QED) is 0.576. The molecule has 1 heterocycles. The number of hydrogen-bond acceptors (Lipinski definition) is 2. The Bertz CT molecular complexity index is 136. The van der Waals surface area contributed by atoms with Gasteiger partial charge in [0.1, 0.15) is 5.78 Å². The lowest BCUT2D eigenvalue weighted by molar-refractivity contribution is -0.119. The summed E-state index contributed by atoms with van der Waals surface area (Å²) in [5.41, 5.74) is 0. The second kappa shape index (κ2) is 2.01. The maximum atomic E-state index is 11.1. The van der Waals surface area contributed by atoms with Crippen molar-refractivity contribution in [2.24, 2.45) is 5.92 Å². The Labute approximate surface area is 59.2 Å². The smallest absolute Gasteiger partial charge is 0.144 e. The van der Waals surface area contributed by atoms with E-state index in [1.807, 2.05) is 11.8 Å². The number of rotatable bonds is 2. The van der Waals surface area contributed by atoms with Crippen molar-refractivity contribution in [3.63, 3.8) is 0 Å². The average Bonchev–Trinajstić information content (AvgIpc) is 2.37. The third-order valence-electron chi connectivity index (χ3n) is 1.86. The van der Waals surface area contributed by atoms with E-state index >= 15 is 0 Å². The predicted octanol–water partition coefficient (Wildman–Crippen LogP) is 1.29. The minimum Gasteiger partial charge on any atom is -0.299 e. The van der Waals surface area contributed by atoms with Crippen LogP contribution in [-0.4, -0.2) is 17.3 Å². The summed E-state index contributed by atoms with van der Waals surface area (Å²) in [5, 5.41) is 0. The monoisotopic (exact) mass is 141 g/mol. The number of Topliss-reactive ketones (excluding diaryl/α,β-unsaturated/α-hetero) is 1. The minimum absolute atomic E-state index is 0.424. The number of carbonyl (C=O) groups excluding carboxylic acids is 1. The second-order valence-electron chi connectivity index (χ2n) is 2.70. The van der Waals surface area contributed by atoms with Gasteiger partial charge in [0, 0.05) is 23.3 Å². The van der Waals surface area contributed by atoms with Gasteiger partial charge in [-0.05, 0) is 12.8 Å². The molecule has 2 aliphatic rings. The Hall–Kier alpha value is 0.0200. The maximum absolute atomic E-state index is 11.1. The highest BCUT2D eigenvalue weighted by Crippen LogP contribution is 2.39. The molecule has 0 N–H and O–H groups in total. The molecule has 1 aliphatic carbocycles. The molecule has 0 atom stereocenters. The SMILES string of the molecule is O=C([C]1CC1)C1CSC1. The lowest BCUT2D eigenvalue weighted by atomic mass is 10.0. The molecule has 49 valence electrons. The van der Waals surface area contributed by atoms with Crippen LogP contribution >= 0.6 is 11.8 Å². The first-order valence-electron chi connectivity index (χ1n) is 3.34. The highest BCUT2D eigenvalue weighted by atomic mass is 32.2. The molecule has 0 amide bonds. The fourth-order valence-corrected chi connectivity index (χ4v) is 1.76. The predicted molar refractivity (Wildman–Crippen MR) is 38.3 cm³/mol. The summed E-state index contributed by atoms with van der Waals surface area (Å²) in [6.07, 6.45) is 2.19. The normalized spacial score (nSPS) is 27.6. The minimum atomic E-state index is 0.424. The Kier molecular flexibility index (Phi) is 1.29. The van der Waals surface area contributed by atoms with E-state index in [9.17, 15) is 4.79 Å². The van der Waals surface area contributed by atoms with Crippen LogP contribution in [0.2, 0.25) is 0 Å². The van der Waals surface area contributed by atoms with Gasteiger partial charge in [-0.15, -0.1) is 0 Å².